The van der Waals surface area contributed by atoms with Crippen molar-refractivity contribution in [1.29, 1.82) is 0 Å². The lowest BCUT2D eigenvalue weighted by atomic mass is 9.87. The molecule has 6 nitrogen and oxygen atoms in total. The van der Waals surface area contributed by atoms with Gasteiger partial charge in [0.1, 0.15) is 11.9 Å². The molecule has 0 radical (unpaired) electrons. The van der Waals surface area contributed by atoms with Crippen LogP contribution in [0.4, 0.5) is 23.7 Å². The summed E-state index contributed by atoms with van der Waals surface area (Å²) in [5, 5.41) is 2.87. The third kappa shape index (κ3) is 9.41. The first-order valence-electron chi connectivity index (χ1n) is 15.1. The Balaban J connectivity index is 0.00000316. The zero-order chi connectivity index (χ0) is 32.4. The molecule has 0 aromatic heterocycles. The Bertz CT molecular complexity index is 1230. The molecule has 1 aliphatic carbocycles. The maximum Gasteiger partial charge on any atom is 0.326 e. The molecule has 0 bridgehead atoms. The number of rotatable bonds is 7. The highest BCUT2D eigenvalue weighted by molar-refractivity contribution is 6.02. The second kappa shape index (κ2) is 15.7. The van der Waals surface area contributed by atoms with Crippen LogP contribution in [0.15, 0.2) is 60.5 Å². The van der Waals surface area contributed by atoms with Gasteiger partial charge in [-0.2, -0.15) is 0 Å². The number of hydrogen-bond donors (Lipinski definition) is 2. The molecule has 1 saturated carbocycles. The van der Waals surface area contributed by atoms with Crippen LogP contribution in [-0.4, -0.2) is 47.4 Å². The number of alkyl halides is 2. The normalized spacial score (nSPS) is 19.7. The van der Waals surface area contributed by atoms with E-state index < -0.39 is 41.8 Å². The van der Waals surface area contributed by atoms with Crippen LogP contribution in [0, 0.1) is 12.0 Å². The maximum absolute atomic E-state index is 14.6. The molecule has 0 spiro atoms. The lowest BCUT2D eigenvalue weighted by Gasteiger charge is -2.37. The van der Waals surface area contributed by atoms with E-state index in [9.17, 15) is 22.8 Å². The number of amides is 3. The van der Waals surface area contributed by atoms with Gasteiger partial charge in [-0.15, -0.1) is 0 Å². The van der Waals surface area contributed by atoms with E-state index in [2.05, 4.69) is 44.6 Å². The minimum absolute atomic E-state index is 0.0936. The number of hydrogen-bond acceptors (Lipinski definition) is 3. The summed E-state index contributed by atoms with van der Waals surface area (Å²) in [4.78, 5) is 31.2. The van der Waals surface area contributed by atoms with E-state index in [4.69, 9.17) is 5.73 Å². The van der Waals surface area contributed by atoms with E-state index in [1.54, 1.807) is 17.0 Å². The van der Waals surface area contributed by atoms with Crippen molar-refractivity contribution in [2.75, 3.05) is 11.4 Å². The molecule has 1 aromatic carbocycles. The molecule has 3 rings (SSSR count). The zero-order valence-corrected chi connectivity index (χ0v) is 26.4. The van der Waals surface area contributed by atoms with Gasteiger partial charge in [0.25, 0.3) is 0 Å². The maximum atomic E-state index is 14.6. The molecular formula is C34H47F3N4O2. The number of nitrogens with one attached hydrogen (secondary N) is 1. The molecular weight excluding hydrogens is 553 g/mol. The van der Waals surface area contributed by atoms with E-state index in [0.29, 0.717) is 25.1 Å². The van der Waals surface area contributed by atoms with Gasteiger partial charge in [0.15, 0.2) is 0 Å². The number of carbonyl (C=O) groups is 2. The Morgan fingerprint density at radius 2 is 1.77 bits per heavy atom. The van der Waals surface area contributed by atoms with Gasteiger partial charge in [-0.05, 0) is 67.4 Å². The second-order valence-corrected chi connectivity index (χ2v) is 11.7. The van der Waals surface area contributed by atoms with E-state index in [1.165, 1.54) is 24.0 Å². The summed E-state index contributed by atoms with van der Waals surface area (Å²) in [6.07, 6.45) is 4.56. The van der Waals surface area contributed by atoms with E-state index >= 15 is 0 Å². The zero-order valence-electron chi connectivity index (χ0n) is 26.4. The summed E-state index contributed by atoms with van der Waals surface area (Å²) < 4.78 is 42.3. The van der Waals surface area contributed by atoms with Crippen molar-refractivity contribution >= 4 is 17.6 Å². The van der Waals surface area contributed by atoms with Gasteiger partial charge in [-0.3, -0.25) is 9.69 Å². The molecule has 2 aliphatic rings. The van der Waals surface area contributed by atoms with Gasteiger partial charge >= 0.3 is 6.03 Å². The fourth-order valence-electron chi connectivity index (χ4n) is 5.25. The first-order chi connectivity index (χ1) is 20.3. The SMILES string of the molecule is C=C/C(=C\C(F)=C/C)C(C(=O)NC1CCC(F)(F)CC1)N(C(=O)N1CCCC1C#CN)c1ccc(C(C)(C)C)cc1.CC. The van der Waals surface area contributed by atoms with E-state index in [0.717, 1.165) is 11.6 Å². The summed E-state index contributed by atoms with van der Waals surface area (Å²) in [5.74, 6) is -1.12. The van der Waals surface area contributed by atoms with Gasteiger partial charge in [-0.1, -0.05) is 71.4 Å². The fraction of sp³-hybridized carbons (Fsp3) is 0.529. The second-order valence-electron chi connectivity index (χ2n) is 11.7. The number of carbonyl (C=O) groups excluding carboxylic acids is 2. The number of anilines is 1. The Morgan fingerprint density at radius 1 is 1.16 bits per heavy atom. The van der Waals surface area contributed by atoms with Crippen molar-refractivity contribution in [3.8, 4) is 12.0 Å². The minimum atomic E-state index is -2.77. The lowest BCUT2D eigenvalue weighted by molar-refractivity contribution is -0.123. The number of benzene rings is 1. The van der Waals surface area contributed by atoms with Crippen molar-refractivity contribution in [2.24, 2.45) is 5.73 Å². The smallest absolute Gasteiger partial charge is 0.326 e. The number of halogens is 3. The summed E-state index contributed by atoms with van der Waals surface area (Å²) in [6.45, 7) is 15.9. The highest BCUT2D eigenvalue weighted by atomic mass is 19.3. The van der Waals surface area contributed by atoms with Crippen molar-refractivity contribution in [3.63, 3.8) is 0 Å². The average Bonchev–Trinajstić information content (AvgIpc) is 3.44. The van der Waals surface area contributed by atoms with Crippen molar-refractivity contribution in [1.82, 2.24) is 10.2 Å². The van der Waals surface area contributed by atoms with Crippen molar-refractivity contribution < 1.29 is 22.8 Å². The Labute approximate surface area is 255 Å². The highest BCUT2D eigenvalue weighted by Crippen LogP contribution is 2.34. The van der Waals surface area contributed by atoms with Crippen LogP contribution in [0.5, 0.6) is 0 Å². The summed E-state index contributed by atoms with van der Waals surface area (Å²) in [7, 11) is 0. The van der Waals surface area contributed by atoms with Crippen LogP contribution >= 0.6 is 0 Å². The fourth-order valence-corrected chi connectivity index (χ4v) is 5.25. The topological polar surface area (TPSA) is 78.7 Å². The van der Waals surface area contributed by atoms with Gasteiger partial charge in [0.05, 0.1) is 6.04 Å². The third-order valence-electron chi connectivity index (χ3n) is 7.67. The van der Waals surface area contributed by atoms with Crippen LogP contribution in [0.1, 0.15) is 85.6 Å². The van der Waals surface area contributed by atoms with Crippen LogP contribution < -0.4 is 16.0 Å². The molecule has 1 aliphatic heterocycles. The lowest BCUT2D eigenvalue weighted by Crippen LogP contribution is -2.57. The third-order valence-corrected chi connectivity index (χ3v) is 7.67. The van der Waals surface area contributed by atoms with Crippen LogP contribution in [0.2, 0.25) is 0 Å². The predicted molar refractivity (Wildman–Crippen MR) is 168 cm³/mol. The number of urea groups is 1. The molecule has 9 heteroatoms. The van der Waals surface area contributed by atoms with Gasteiger partial charge < -0.3 is 16.0 Å². The van der Waals surface area contributed by atoms with Crippen molar-refractivity contribution in [3.05, 3.63) is 66.0 Å². The molecule has 2 atom stereocenters. The van der Waals surface area contributed by atoms with Crippen LogP contribution in [0.25, 0.3) is 0 Å². The molecule has 1 saturated heterocycles. The van der Waals surface area contributed by atoms with E-state index in [-0.39, 0.29) is 36.7 Å². The quantitative estimate of drug-likeness (QED) is 0.195. The largest absolute Gasteiger partial charge is 0.359 e. The van der Waals surface area contributed by atoms with Gasteiger partial charge in [0, 0.05) is 37.2 Å². The number of nitrogens with two attached hydrogens (primary N) is 1. The summed E-state index contributed by atoms with van der Waals surface area (Å²) in [5.41, 5.74) is 6.90. The number of allylic oxidation sites excluding steroid dienone is 3. The van der Waals surface area contributed by atoms with Gasteiger partial charge in [-0.25, -0.2) is 18.0 Å². The monoisotopic (exact) mass is 600 g/mol. The summed E-state index contributed by atoms with van der Waals surface area (Å²) >= 11 is 0. The molecule has 1 heterocycles. The molecule has 3 N–H and O–H groups in total. The summed E-state index contributed by atoms with van der Waals surface area (Å²) in [6, 6.07) is 6.89. The molecule has 2 unspecified atom stereocenters. The number of likely N-dealkylation sites (tertiary alicyclic amines) is 1. The Morgan fingerprint density at radius 3 is 2.28 bits per heavy atom. The molecule has 43 heavy (non-hydrogen) atoms. The highest BCUT2D eigenvalue weighted by Gasteiger charge is 2.41. The molecule has 1 aromatic rings. The molecule has 236 valence electrons. The van der Waals surface area contributed by atoms with Crippen molar-refractivity contribution in [2.45, 2.75) is 110 Å². The van der Waals surface area contributed by atoms with Crippen LogP contribution in [0.3, 0.4) is 0 Å². The van der Waals surface area contributed by atoms with Crippen LogP contribution in [-0.2, 0) is 10.2 Å². The first-order valence-corrected chi connectivity index (χ1v) is 15.1. The molecule has 3 amide bonds. The van der Waals surface area contributed by atoms with Gasteiger partial charge in [0.2, 0.25) is 11.8 Å². The molecule has 2 fully saturated rings. The Hall–Kier alpha value is -3.67. The first kappa shape index (κ1) is 35.5. The standard InChI is InChI=1S/C32H41F3N4O2.C2H6/c1-6-22(21-24(33)7-2)28(29(40)37-25-14-17-32(34,35)18-15-25)39(27-12-10-23(11-13-27)31(3,4)5)30(41)38-20-8-9-26(38)16-19-36;1-2/h6-7,10-13,21,25-26,28H,1,8-9,14-15,17-18,20,36H2,2-5H3,(H,37,40);1-2H3/b22-21+,24-7+;. The van der Waals surface area contributed by atoms with E-state index in [1.807, 2.05) is 26.0 Å². The minimum Gasteiger partial charge on any atom is -0.359 e. The predicted octanol–water partition coefficient (Wildman–Crippen LogP) is 7.37. The Kier molecular flexibility index (Phi) is 13.0. The number of nitrogens with zero attached hydrogens (tertiary/aromatic N) is 2. The average molecular weight is 601 g/mol.